The number of benzene rings is 1. The van der Waals surface area contributed by atoms with Gasteiger partial charge in [0.2, 0.25) is 0 Å². The summed E-state index contributed by atoms with van der Waals surface area (Å²) < 4.78 is 0. The molecule has 3 nitrogen and oxygen atoms in total. The minimum Gasteiger partial charge on any atom is -0.260 e. The smallest absolute Gasteiger partial charge is 0.166 e. The second kappa shape index (κ2) is 4.18. The molecule has 0 atom stereocenters. The Morgan fingerprint density at radius 1 is 1.40 bits per heavy atom. The van der Waals surface area contributed by atoms with Crippen molar-refractivity contribution in [3.8, 4) is 0 Å². The summed E-state index contributed by atoms with van der Waals surface area (Å²) in [6, 6.07) is 8.51. The average molecular weight is 306 g/mol. The molecule has 0 aliphatic carbocycles. The molecule has 0 aromatic heterocycles. The fraction of sp³-hybridized carbons (Fsp3) is 0. The predicted molar refractivity (Wildman–Crippen MR) is 31.9 cm³/mol. The number of nitro groups is 1. The van der Waals surface area contributed by atoms with Crippen molar-refractivity contribution < 1.29 is 26.0 Å². The van der Waals surface area contributed by atoms with Gasteiger partial charge in [0.15, 0.2) is 5.69 Å². The van der Waals surface area contributed by atoms with Crippen molar-refractivity contribution in [3.05, 3.63) is 40.4 Å². The molecular weight excluding hydrogens is 302 g/mol. The number of non-ortho nitro benzene ring substituents is 1. The first-order valence-corrected chi connectivity index (χ1v) is 2.41. The first-order valence-electron chi connectivity index (χ1n) is 2.41. The molecule has 4 heteroatoms. The Labute approximate surface area is 72.5 Å². The van der Waals surface area contributed by atoms with E-state index < -0.39 is 4.92 Å². The van der Waals surface area contributed by atoms with E-state index in [1.165, 1.54) is 24.3 Å². The molecule has 10 heavy (non-hydrogen) atoms. The number of rotatable bonds is 1. The number of nitrogens with zero attached hydrogens (tertiary/aromatic N) is 1. The minimum absolute atomic E-state index is 0. The molecule has 0 saturated heterocycles. The van der Waals surface area contributed by atoms with Crippen LogP contribution in [0.2, 0.25) is 0 Å². The van der Waals surface area contributed by atoms with Crippen molar-refractivity contribution in [2.75, 3.05) is 0 Å². The summed E-state index contributed by atoms with van der Waals surface area (Å²) in [5, 5.41) is 9.99. The van der Waals surface area contributed by atoms with Crippen LogP contribution in [0.25, 0.3) is 0 Å². The summed E-state index contributed by atoms with van der Waals surface area (Å²) >= 11 is 0. The van der Waals surface area contributed by atoms with E-state index in [0.29, 0.717) is 0 Å². The summed E-state index contributed by atoms with van der Waals surface area (Å²) in [5.41, 5.74) is 0.105. The van der Waals surface area contributed by atoms with Gasteiger partial charge in [-0.25, -0.2) is 0 Å². The van der Waals surface area contributed by atoms with Gasteiger partial charge in [0, 0.05) is 26.0 Å². The third-order valence-corrected chi connectivity index (χ3v) is 0.911. The van der Waals surface area contributed by atoms with E-state index in [0.717, 1.165) is 0 Å². The number of nitro benzene ring substituents is 1. The van der Waals surface area contributed by atoms with Crippen LogP contribution in [0.15, 0.2) is 24.3 Å². The number of hydrogen-bond acceptors (Lipinski definition) is 2. The zero-order chi connectivity index (χ0) is 6.69. The summed E-state index contributed by atoms with van der Waals surface area (Å²) in [4.78, 5) is 9.56. The second-order valence-corrected chi connectivity index (χ2v) is 1.52. The summed E-state index contributed by atoms with van der Waals surface area (Å²) in [5.74, 6) is 0. The molecule has 0 bridgehead atoms. The van der Waals surface area contributed by atoms with E-state index in [9.17, 15) is 10.1 Å². The Morgan fingerprint density at radius 3 is 2.20 bits per heavy atom. The van der Waals surface area contributed by atoms with Crippen molar-refractivity contribution in [2.45, 2.75) is 0 Å². The van der Waals surface area contributed by atoms with E-state index in [1.807, 2.05) is 0 Å². The van der Waals surface area contributed by atoms with Crippen LogP contribution >= 0.6 is 0 Å². The topological polar surface area (TPSA) is 43.1 Å². The molecule has 0 unspecified atom stereocenters. The molecule has 0 spiro atoms. The minimum atomic E-state index is -0.437. The maximum Gasteiger partial charge on any atom is 0.166 e. The van der Waals surface area contributed by atoms with Gasteiger partial charge in [-0.2, -0.15) is 18.2 Å². The van der Waals surface area contributed by atoms with Crippen LogP contribution in [-0.4, -0.2) is 4.92 Å². The number of hydrogen-bond donors (Lipinski definition) is 0. The Morgan fingerprint density at radius 2 is 1.90 bits per heavy atom. The second-order valence-electron chi connectivity index (χ2n) is 1.52. The molecule has 1 aromatic carbocycles. The molecule has 0 heterocycles. The fourth-order valence-corrected chi connectivity index (χ4v) is 0.500. The molecule has 0 aliphatic heterocycles. The van der Waals surface area contributed by atoms with Crippen molar-refractivity contribution in [1.82, 2.24) is 0 Å². The monoisotopic (exact) mass is 306 g/mol. The van der Waals surface area contributed by atoms with Crippen molar-refractivity contribution in [2.24, 2.45) is 0 Å². The van der Waals surface area contributed by atoms with Crippen LogP contribution in [0.3, 0.4) is 0 Å². The Balaban J connectivity index is 0.000000810. The molecule has 0 radical (unpaired) electrons. The van der Waals surface area contributed by atoms with Gasteiger partial charge in [0.05, 0.1) is 0 Å². The van der Waals surface area contributed by atoms with Crippen LogP contribution < -0.4 is 0 Å². The molecule has 0 amide bonds. The van der Waals surface area contributed by atoms with Crippen LogP contribution in [0.5, 0.6) is 0 Å². The summed E-state index contributed by atoms with van der Waals surface area (Å²) in [6.45, 7) is 0. The molecule has 0 N–H and O–H groups in total. The molecule has 0 aliphatic rings. The van der Waals surface area contributed by atoms with E-state index in [-0.39, 0.29) is 26.8 Å². The molecule has 0 saturated carbocycles. The normalized spacial score (nSPS) is 8.00. The first-order chi connectivity index (χ1) is 4.30. The Kier molecular flexibility index (Phi) is 3.89. The molecule has 1 aromatic rings. The van der Waals surface area contributed by atoms with Gasteiger partial charge in [-0.1, -0.05) is 12.1 Å². The third-order valence-electron chi connectivity index (χ3n) is 0.911. The maximum absolute atomic E-state index is 9.99. The first kappa shape index (κ1) is 9.31. The van der Waals surface area contributed by atoms with E-state index in [4.69, 9.17) is 0 Å². The van der Waals surface area contributed by atoms with Gasteiger partial charge in [-0.15, -0.1) is 0 Å². The summed E-state index contributed by atoms with van der Waals surface area (Å²) in [6.07, 6.45) is 0. The van der Waals surface area contributed by atoms with Crippen LogP contribution in [-0.2, 0) is 21.1 Å². The van der Waals surface area contributed by atoms with Gasteiger partial charge >= 0.3 is 0 Å². The third kappa shape index (κ3) is 2.27. The zero-order valence-electron chi connectivity index (χ0n) is 4.98. The maximum atomic E-state index is 9.99. The Hall–Kier alpha value is -0.692. The van der Waals surface area contributed by atoms with Gasteiger partial charge in [-0.05, 0) is 0 Å². The van der Waals surface area contributed by atoms with Gasteiger partial charge in [0.1, 0.15) is 0 Å². The molecule has 1 rings (SSSR count). The zero-order valence-corrected chi connectivity index (χ0v) is 7.91. The largest absolute Gasteiger partial charge is 0.260 e. The SMILES string of the molecule is O=[N+]([O-])c1cc[c-]cc1.[W]. The van der Waals surface area contributed by atoms with Crippen molar-refractivity contribution in [1.29, 1.82) is 0 Å². The molecular formula is C6H4NO2W-. The molecule has 52 valence electrons. The van der Waals surface area contributed by atoms with E-state index >= 15 is 0 Å². The van der Waals surface area contributed by atoms with Gasteiger partial charge in [-0.3, -0.25) is 10.1 Å². The summed E-state index contributed by atoms with van der Waals surface area (Å²) in [7, 11) is 0. The van der Waals surface area contributed by atoms with E-state index in [1.54, 1.807) is 0 Å². The Bertz CT molecular complexity index is 212. The van der Waals surface area contributed by atoms with Crippen LogP contribution in [0, 0.1) is 16.2 Å². The van der Waals surface area contributed by atoms with Crippen LogP contribution in [0.4, 0.5) is 5.69 Å². The predicted octanol–water partition coefficient (Wildman–Crippen LogP) is 1.39. The van der Waals surface area contributed by atoms with Crippen LogP contribution in [0.1, 0.15) is 0 Å². The quantitative estimate of drug-likeness (QED) is 0.447. The average Bonchev–Trinajstić information content (AvgIpc) is 1.90. The van der Waals surface area contributed by atoms with Gasteiger partial charge < -0.3 is 0 Å². The standard InChI is InChI=1S/C6H4NO2.W/c8-7(9)6-4-2-1-3-5-6;/h2-5H;/q-1;. The van der Waals surface area contributed by atoms with E-state index in [2.05, 4.69) is 6.07 Å². The van der Waals surface area contributed by atoms with Crippen molar-refractivity contribution >= 4 is 5.69 Å². The van der Waals surface area contributed by atoms with Gasteiger partial charge in [0.25, 0.3) is 0 Å². The fourth-order valence-electron chi connectivity index (χ4n) is 0.500. The molecule has 0 fully saturated rings. The van der Waals surface area contributed by atoms with Crippen molar-refractivity contribution in [3.63, 3.8) is 0 Å².